The number of halogens is 3. The molecule has 0 saturated carbocycles. The Hall–Kier alpha value is -0.230. The van der Waals surface area contributed by atoms with E-state index in [1.54, 1.807) is 6.07 Å². The Bertz CT molecular complexity index is 278. The van der Waals surface area contributed by atoms with E-state index >= 15 is 0 Å². The largest absolute Gasteiger partial charge is 0.312 e. The van der Waals surface area contributed by atoms with Crippen molar-refractivity contribution in [2.24, 2.45) is 0 Å². The van der Waals surface area contributed by atoms with Crippen LogP contribution in [0.3, 0.4) is 0 Å². The molecule has 0 bridgehead atoms. The Morgan fingerprint density at radius 3 is 2.62 bits per heavy atom. The van der Waals surface area contributed by atoms with Crippen LogP contribution in [0.1, 0.15) is 5.56 Å². The van der Waals surface area contributed by atoms with Crippen molar-refractivity contribution in [1.29, 1.82) is 0 Å². The summed E-state index contributed by atoms with van der Waals surface area (Å²) in [5, 5.41) is 3.10. The summed E-state index contributed by atoms with van der Waals surface area (Å²) in [5.74, 6) is -1.58. The lowest BCUT2D eigenvalue weighted by Crippen LogP contribution is -2.15. The lowest BCUT2D eigenvalue weighted by molar-refractivity contribution is 0.506. The zero-order chi connectivity index (χ0) is 9.68. The normalized spacial score (nSPS) is 10.4. The summed E-state index contributed by atoms with van der Waals surface area (Å²) in [5.41, 5.74) is 0.767. The van der Waals surface area contributed by atoms with Gasteiger partial charge in [-0.3, -0.25) is 0 Å². The van der Waals surface area contributed by atoms with E-state index in [0.717, 1.165) is 22.6 Å². The first-order valence-electron chi connectivity index (χ1n) is 3.94. The van der Waals surface area contributed by atoms with Gasteiger partial charge < -0.3 is 5.32 Å². The van der Waals surface area contributed by atoms with Gasteiger partial charge >= 0.3 is 0 Å². The predicted molar refractivity (Wildman–Crippen MR) is 57.0 cm³/mol. The third kappa shape index (κ3) is 3.56. The maximum atomic E-state index is 12.7. The van der Waals surface area contributed by atoms with Gasteiger partial charge in [-0.2, -0.15) is 0 Å². The van der Waals surface area contributed by atoms with Gasteiger partial charge in [0.05, 0.1) is 0 Å². The summed E-state index contributed by atoms with van der Waals surface area (Å²) in [6.07, 6.45) is 0. The van der Waals surface area contributed by atoms with E-state index in [-0.39, 0.29) is 0 Å². The van der Waals surface area contributed by atoms with Gasteiger partial charge in [0.1, 0.15) is 0 Å². The van der Waals surface area contributed by atoms with Crippen molar-refractivity contribution in [2.45, 2.75) is 6.54 Å². The van der Waals surface area contributed by atoms with E-state index in [2.05, 4.69) is 27.9 Å². The summed E-state index contributed by atoms with van der Waals surface area (Å²) < 4.78 is 26.2. The van der Waals surface area contributed by atoms with Crippen molar-refractivity contribution in [3.8, 4) is 0 Å². The predicted octanol–water partition coefficient (Wildman–Crippen LogP) is 2.49. The topological polar surface area (TPSA) is 12.0 Å². The van der Waals surface area contributed by atoms with Gasteiger partial charge in [-0.1, -0.05) is 28.7 Å². The van der Waals surface area contributed by atoms with E-state index in [9.17, 15) is 8.78 Å². The summed E-state index contributed by atoms with van der Waals surface area (Å²) >= 11 is 2.25. The van der Waals surface area contributed by atoms with E-state index in [4.69, 9.17) is 0 Å². The second-order valence-electron chi connectivity index (χ2n) is 2.61. The molecule has 0 aliphatic rings. The molecular formula is C9H10F2IN. The van der Waals surface area contributed by atoms with Crippen LogP contribution in [0.15, 0.2) is 18.2 Å². The van der Waals surface area contributed by atoms with E-state index in [1.165, 1.54) is 6.07 Å². The van der Waals surface area contributed by atoms with Crippen molar-refractivity contribution in [3.05, 3.63) is 35.4 Å². The minimum atomic E-state index is -0.794. The van der Waals surface area contributed by atoms with Crippen molar-refractivity contribution in [2.75, 3.05) is 11.0 Å². The molecule has 72 valence electrons. The van der Waals surface area contributed by atoms with Crippen LogP contribution in [0.2, 0.25) is 0 Å². The maximum Gasteiger partial charge on any atom is 0.159 e. The van der Waals surface area contributed by atoms with Crippen LogP contribution in [0.25, 0.3) is 0 Å². The zero-order valence-corrected chi connectivity index (χ0v) is 9.14. The molecule has 1 nitrogen and oxygen atoms in total. The van der Waals surface area contributed by atoms with Gasteiger partial charge in [-0.05, 0) is 17.7 Å². The van der Waals surface area contributed by atoms with Crippen molar-refractivity contribution < 1.29 is 8.78 Å². The average Bonchev–Trinajstić information content (AvgIpc) is 2.12. The number of nitrogens with one attached hydrogen (secondary N) is 1. The molecule has 13 heavy (non-hydrogen) atoms. The highest BCUT2D eigenvalue weighted by atomic mass is 127. The van der Waals surface area contributed by atoms with Gasteiger partial charge in [0, 0.05) is 17.5 Å². The molecule has 4 heteroatoms. The summed E-state index contributed by atoms with van der Waals surface area (Å²) in [6, 6.07) is 3.95. The molecular weight excluding hydrogens is 287 g/mol. The lowest BCUT2D eigenvalue weighted by atomic mass is 10.2. The van der Waals surface area contributed by atoms with Gasteiger partial charge in [0.25, 0.3) is 0 Å². The first-order valence-corrected chi connectivity index (χ1v) is 5.47. The van der Waals surface area contributed by atoms with Crippen LogP contribution >= 0.6 is 22.6 Å². The SMILES string of the molecule is Fc1ccc(CNCCI)cc1F. The molecule has 1 N–H and O–H groups in total. The lowest BCUT2D eigenvalue weighted by Gasteiger charge is -2.02. The first-order chi connectivity index (χ1) is 6.24. The molecule has 0 amide bonds. The molecule has 0 aromatic heterocycles. The zero-order valence-electron chi connectivity index (χ0n) is 6.99. The third-order valence-corrected chi connectivity index (χ3v) is 2.12. The first kappa shape index (κ1) is 10.8. The molecule has 1 aromatic rings. The fourth-order valence-corrected chi connectivity index (χ4v) is 1.33. The minimum Gasteiger partial charge on any atom is -0.312 e. The standard InChI is InChI=1S/C9H10F2IN/c10-8-2-1-7(5-9(8)11)6-13-4-3-12/h1-2,5,13H,3-4,6H2. The van der Waals surface area contributed by atoms with E-state index in [0.29, 0.717) is 6.54 Å². The molecule has 0 spiro atoms. The molecule has 1 aromatic carbocycles. The third-order valence-electron chi connectivity index (χ3n) is 1.58. The second-order valence-corrected chi connectivity index (χ2v) is 3.69. The maximum absolute atomic E-state index is 12.7. The molecule has 0 saturated heterocycles. The van der Waals surface area contributed by atoms with Gasteiger partial charge in [0.15, 0.2) is 11.6 Å². The van der Waals surface area contributed by atoms with E-state index in [1.807, 2.05) is 0 Å². The smallest absolute Gasteiger partial charge is 0.159 e. The Kier molecular flexibility index (Phi) is 4.58. The monoisotopic (exact) mass is 297 g/mol. The number of benzene rings is 1. The molecule has 0 atom stereocenters. The fourth-order valence-electron chi connectivity index (χ4n) is 0.949. The Morgan fingerprint density at radius 1 is 1.23 bits per heavy atom. The van der Waals surface area contributed by atoms with Crippen molar-refractivity contribution in [3.63, 3.8) is 0 Å². The Labute approximate surface area is 89.7 Å². The van der Waals surface area contributed by atoms with Crippen LogP contribution in [0.4, 0.5) is 8.78 Å². The average molecular weight is 297 g/mol. The van der Waals surface area contributed by atoms with Gasteiger partial charge in [-0.15, -0.1) is 0 Å². The molecule has 0 aliphatic carbocycles. The van der Waals surface area contributed by atoms with E-state index < -0.39 is 11.6 Å². The number of hydrogen-bond acceptors (Lipinski definition) is 1. The molecule has 0 aliphatic heterocycles. The number of rotatable bonds is 4. The van der Waals surface area contributed by atoms with Crippen LogP contribution in [0.5, 0.6) is 0 Å². The highest BCUT2D eigenvalue weighted by Crippen LogP contribution is 2.08. The van der Waals surface area contributed by atoms with Crippen LogP contribution < -0.4 is 5.32 Å². The number of hydrogen-bond donors (Lipinski definition) is 1. The van der Waals surface area contributed by atoms with Crippen molar-refractivity contribution in [1.82, 2.24) is 5.32 Å². The van der Waals surface area contributed by atoms with Crippen molar-refractivity contribution >= 4 is 22.6 Å². The molecule has 0 heterocycles. The Morgan fingerprint density at radius 2 is 2.00 bits per heavy atom. The molecule has 0 fully saturated rings. The highest BCUT2D eigenvalue weighted by Gasteiger charge is 2.01. The molecule has 1 rings (SSSR count). The van der Waals surface area contributed by atoms with Crippen LogP contribution in [-0.4, -0.2) is 11.0 Å². The number of alkyl halides is 1. The highest BCUT2D eigenvalue weighted by molar-refractivity contribution is 14.1. The van der Waals surface area contributed by atoms with Crippen LogP contribution in [-0.2, 0) is 6.54 Å². The summed E-state index contributed by atoms with van der Waals surface area (Å²) in [6.45, 7) is 1.46. The quantitative estimate of drug-likeness (QED) is 0.511. The fraction of sp³-hybridized carbons (Fsp3) is 0.333. The minimum absolute atomic E-state index is 0.584. The summed E-state index contributed by atoms with van der Waals surface area (Å²) in [4.78, 5) is 0. The van der Waals surface area contributed by atoms with Gasteiger partial charge in [0.2, 0.25) is 0 Å². The second kappa shape index (κ2) is 5.49. The van der Waals surface area contributed by atoms with Gasteiger partial charge in [-0.25, -0.2) is 8.78 Å². The molecule has 0 unspecified atom stereocenters. The van der Waals surface area contributed by atoms with Crippen LogP contribution in [0, 0.1) is 11.6 Å². The Balaban J connectivity index is 2.53. The summed E-state index contributed by atoms with van der Waals surface area (Å²) in [7, 11) is 0. The molecule has 0 radical (unpaired) electrons.